The molecule has 1 amide bonds. The van der Waals surface area contributed by atoms with Crippen LogP contribution in [0.25, 0.3) is 0 Å². The molecule has 3 atom stereocenters. The van der Waals surface area contributed by atoms with E-state index in [0.717, 1.165) is 29.7 Å². The van der Waals surface area contributed by atoms with Gasteiger partial charge in [0.25, 0.3) is 0 Å². The van der Waals surface area contributed by atoms with Gasteiger partial charge in [0.1, 0.15) is 5.82 Å². The Labute approximate surface area is 202 Å². The summed E-state index contributed by atoms with van der Waals surface area (Å²) in [5, 5.41) is 0. The van der Waals surface area contributed by atoms with Crippen LogP contribution in [0.1, 0.15) is 39.2 Å². The summed E-state index contributed by atoms with van der Waals surface area (Å²) in [6.07, 6.45) is 6.86. The van der Waals surface area contributed by atoms with Crippen LogP contribution in [0.3, 0.4) is 0 Å². The van der Waals surface area contributed by atoms with Gasteiger partial charge >= 0.3 is 0 Å². The number of hydrogen-bond acceptors (Lipinski definition) is 4. The molecule has 8 heteroatoms. The monoisotopic (exact) mass is 487 g/mol. The second-order valence-electron chi connectivity index (χ2n) is 9.54. The first-order valence-corrected chi connectivity index (χ1v) is 13.1. The molecule has 34 heavy (non-hydrogen) atoms. The fourth-order valence-electron chi connectivity index (χ4n) is 4.63. The lowest BCUT2D eigenvalue weighted by Gasteiger charge is -2.37. The molecular weight excluding hydrogens is 453 g/mol. The summed E-state index contributed by atoms with van der Waals surface area (Å²) in [4.78, 5) is 18.8. The summed E-state index contributed by atoms with van der Waals surface area (Å²) in [6, 6.07) is 8.63. The van der Waals surface area contributed by atoms with E-state index < -0.39 is 15.8 Å². The highest BCUT2D eigenvalue weighted by molar-refractivity contribution is 7.89. The Kier molecular flexibility index (Phi) is 8.60. The van der Waals surface area contributed by atoms with Gasteiger partial charge in [-0.2, -0.15) is 0 Å². The summed E-state index contributed by atoms with van der Waals surface area (Å²) >= 11 is 0. The first-order chi connectivity index (χ1) is 16.1. The van der Waals surface area contributed by atoms with Crippen LogP contribution in [0, 0.1) is 29.5 Å². The number of amides is 1. The van der Waals surface area contributed by atoms with Crippen molar-refractivity contribution in [2.75, 3.05) is 13.6 Å². The van der Waals surface area contributed by atoms with Gasteiger partial charge in [-0.3, -0.25) is 9.78 Å². The molecule has 0 fully saturated rings. The third-order valence-electron chi connectivity index (χ3n) is 6.71. The number of carbonyl (C=O) groups excluding carboxylic acids is 1. The molecule has 1 N–H and O–H groups in total. The molecule has 2 aromatic rings. The zero-order valence-corrected chi connectivity index (χ0v) is 21.1. The van der Waals surface area contributed by atoms with E-state index in [2.05, 4.69) is 29.6 Å². The van der Waals surface area contributed by atoms with E-state index >= 15 is 0 Å². The van der Waals surface area contributed by atoms with Crippen molar-refractivity contribution in [3.05, 3.63) is 71.8 Å². The topological polar surface area (TPSA) is 79.4 Å². The molecule has 3 rings (SSSR count). The van der Waals surface area contributed by atoms with E-state index in [1.807, 2.05) is 26.1 Å². The van der Waals surface area contributed by atoms with E-state index in [-0.39, 0.29) is 35.1 Å². The van der Waals surface area contributed by atoms with Crippen molar-refractivity contribution in [3.63, 3.8) is 0 Å². The van der Waals surface area contributed by atoms with Crippen molar-refractivity contribution in [3.8, 4) is 0 Å². The number of hydrogen-bond donors (Lipinski definition) is 1. The van der Waals surface area contributed by atoms with Crippen LogP contribution < -0.4 is 4.72 Å². The van der Waals surface area contributed by atoms with Crippen molar-refractivity contribution in [2.45, 2.75) is 45.1 Å². The average molecular weight is 488 g/mol. The number of aromatic nitrogens is 1. The number of nitrogens with one attached hydrogen (secondary N) is 1. The molecule has 1 aromatic carbocycles. The third-order valence-corrected chi connectivity index (χ3v) is 8.15. The quantitative estimate of drug-likeness (QED) is 0.532. The van der Waals surface area contributed by atoms with Crippen LogP contribution in [-0.2, 0) is 21.4 Å². The summed E-state index contributed by atoms with van der Waals surface area (Å²) in [5.74, 6) is 0.322. The van der Waals surface area contributed by atoms with Crippen LogP contribution in [0.5, 0.6) is 0 Å². The molecule has 0 saturated carbocycles. The van der Waals surface area contributed by atoms with Gasteiger partial charge < -0.3 is 4.90 Å². The minimum Gasteiger partial charge on any atom is -0.341 e. The van der Waals surface area contributed by atoms with Crippen molar-refractivity contribution in [2.24, 2.45) is 23.7 Å². The minimum atomic E-state index is -3.73. The lowest BCUT2D eigenvalue weighted by atomic mass is 9.70. The van der Waals surface area contributed by atoms with Crippen LogP contribution in [0.2, 0.25) is 0 Å². The van der Waals surface area contributed by atoms with Gasteiger partial charge in [0.2, 0.25) is 15.9 Å². The van der Waals surface area contributed by atoms with Crippen LogP contribution >= 0.6 is 0 Å². The van der Waals surface area contributed by atoms with Gasteiger partial charge in [0, 0.05) is 39.0 Å². The Morgan fingerprint density at radius 1 is 1.24 bits per heavy atom. The van der Waals surface area contributed by atoms with Crippen molar-refractivity contribution in [1.82, 2.24) is 14.6 Å². The number of nitrogens with zero attached hydrogens (tertiary/aromatic N) is 2. The van der Waals surface area contributed by atoms with Gasteiger partial charge in [-0.25, -0.2) is 17.5 Å². The van der Waals surface area contributed by atoms with Crippen molar-refractivity contribution < 1.29 is 17.6 Å². The molecule has 0 radical (unpaired) electrons. The van der Waals surface area contributed by atoms with Crippen LogP contribution in [0.15, 0.2) is 65.3 Å². The Morgan fingerprint density at radius 2 is 1.94 bits per heavy atom. The third kappa shape index (κ3) is 6.73. The van der Waals surface area contributed by atoms with Gasteiger partial charge in [0.15, 0.2) is 0 Å². The normalized spacial score (nSPS) is 20.8. The fraction of sp³-hybridized carbons (Fsp3) is 0.462. The van der Waals surface area contributed by atoms with Gasteiger partial charge in [-0.1, -0.05) is 31.6 Å². The first kappa shape index (κ1) is 26.0. The zero-order valence-electron chi connectivity index (χ0n) is 20.2. The molecule has 1 heterocycles. The highest BCUT2D eigenvalue weighted by Crippen LogP contribution is 2.39. The molecule has 0 aliphatic heterocycles. The highest BCUT2D eigenvalue weighted by Gasteiger charge is 2.33. The van der Waals surface area contributed by atoms with E-state index in [1.165, 1.54) is 12.1 Å². The van der Waals surface area contributed by atoms with Gasteiger partial charge in [0.05, 0.1) is 4.90 Å². The van der Waals surface area contributed by atoms with Crippen molar-refractivity contribution >= 4 is 15.9 Å². The number of allylic oxidation sites excluding steroid dienone is 1. The molecule has 1 aliphatic rings. The van der Waals surface area contributed by atoms with E-state index in [9.17, 15) is 17.6 Å². The Bertz CT molecular complexity index is 1100. The molecule has 0 saturated heterocycles. The van der Waals surface area contributed by atoms with Crippen molar-refractivity contribution in [1.29, 1.82) is 0 Å². The minimum absolute atomic E-state index is 0.0229. The van der Waals surface area contributed by atoms with E-state index in [4.69, 9.17) is 0 Å². The highest BCUT2D eigenvalue weighted by atomic mass is 32.2. The lowest BCUT2D eigenvalue weighted by Crippen LogP contribution is -2.38. The smallest absolute Gasteiger partial charge is 0.240 e. The maximum absolute atomic E-state index is 13.2. The molecule has 184 valence electrons. The Hall–Kier alpha value is -2.58. The van der Waals surface area contributed by atoms with E-state index in [0.29, 0.717) is 18.9 Å². The fourth-order valence-corrected chi connectivity index (χ4v) is 5.70. The molecule has 6 nitrogen and oxygen atoms in total. The number of pyridine rings is 1. The van der Waals surface area contributed by atoms with Crippen LogP contribution in [-0.4, -0.2) is 37.8 Å². The molecule has 1 aromatic heterocycles. The summed E-state index contributed by atoms with van der Waals surface area (Å²) < 4.78 is 41.2. The predicted octanol–water partition coefficient (Wildman–Crippen LogP) is 4.40. The number of benzene rings is 1. The average Bonchev–Trinajstić information content (AvgIpc) is 2.79. The second-order valence-corrected chi connectivity index (χ2v) is 11.3. The SMILES string of the molecule is CC1=C[C@@H](CNS(=O)(=O)c2ccc(F)cc2)[C@H](C(C)C)C[C@H]1CC(=O)N(C)Cc1cccnc1. The van der Waals surface area contributed by atoms with Crippen LogP contribution in [0.4, 0.5) is 4.39 Å². The number of halogens is 1. The molecule has 0 spiro atoms. The van der Waals surface area contributed by atoms with Gasteiger partial charge in [-0.15, -0.1) is 0 Å². The maximum Gasteiger partial charge on any atom is 0.240 e. The number of carbonyl (C=O) groups is 1. The predicted molar refractivity (Wildman–Crippen MR) is 131 cm³/mol. The summed E-state index contributed by atoms with van der Waals surface area (Å²) in [6.45, 7) is 7.07. The molecule has 1 aliphatic carbocycles. The molecule has 0 bridgehead atoms. The maximum atomic E-state index is 13.2. The summed E-state index contributed by atoms with van der Waals surface area (Å²) in [5.41, 5.74) is 2.11. The number of sulfonamides is 1. The Morgan fingerprint density at radius 3 is 2.56 bits per heavy atom. The second kappa shape index (κ2) is 11.2. The molecular formula is C26H34FN3O3S. The Balaban J connectivity index is 1.66. The largest absolute Gasteiger partial charge is 0.341 e. The molecule has 0 unspecified atom stereocenters. The lowest BCUT2D eigenvalue weighted by molar-refractivity contribution is -0.131. The standard InChI is InChI=1S/C26H34FN3O3S/c1-18(2)25-13-21(14-26(31)30(4)17-20-6-5-11-28-15-20)19(3)12-22(25)16-29-34(32,33)24-9-7-23(27)8-10-24/h5-12,15,18,21-22,25,29H,13-14,16-17H2,1-4H3/t21-,22-,25-/m0/s1. The summed E-state index contributed by atoms with van der Waals surface area (Å²) in [7, 11) is -1.92. The number of rotatable bonds is 9. The zero-order chi connectivity index (χ0) is 24.9. The van der Waals surface area contributed by atoms with E-state index in [1.54, 1.807) is 17.3 Å². The first-order valence-electron chi connectivity index (χ1n) is 11.6. The van der Waals surface area contributed by atoms with Gasteiger partial charge in [-0.05, 0) is 72.9 Å².